The third-order valence-electron chi connectivity index (χ3n) is 7.74. The molecule has 0 saturated carbocycles. The summed E-state index contributed by atoms with van der Waals surface area (Å²) in [7, 11) is -2.73. The average Bonchev–Trinajstić information content (AvgIpc) is 3.70. The molecule has 6 aromatic rings. The van der Waals surface area contributed by atoms with Gasteiger partial charge in [0.1, 0.15) is 5.69 Å². The molecule has 47 heavy (non-hydrogen) atoms. The Balaban J connectivity index is 1.60. The summed E-state index contributed by atoms with van der Waals surface area (Å²) in [5.41, 5.74) is 3.70. The molecular formula is C33H28N6O7S. The van der Waals surface area contributed by atoms with Crippen molar-refractivity contribution in [3.8, 4) is 33.6 Å². The number of amides is 1. The Morgan fingerprint density at radius 2 is 1.70 bits per heavy atom. The van der Waals surface area contributed by atoms with E-state index in [1.165, 1.54) is 41.5 Å². The molecule has 0 aliphatic rings. The van der Waals surface area contributed by atoms with Gasteiger partial charge in [-0.2, -0.15) is 5.10 Å². The number of non-ortho nitro benzene ring substituents is 1. The molecule has 3 aromatic carbocycles. The van der Waals surface area contributed by atoms with Crippen molar-refractivity contribution in [3.63, 3.8) is 0 Å². The van der Waals surface area contributed by atoms with Crippen LogP contribution in [0.3, 0.4) is 0 Å². The van der Waals surface area contributed by atoms with Gasteiger partial charge >= 0.3 is 6.09 Å². The van der Waals surface area contributed by atoms with Crippen molar-refractivity contribution in [1.29, 1.82) is 0 Å². The molecule has 3 heterocycles. The fourth-order valence-electron chi connectivity index (χ4n) is 5.32. The lowest BCUT2D eigenvalue weighted by molar-refractivity contribution is -0.384. The number of likely N-dealkylation sites (N-methyl/N-ethyl adjacent to an activating group) is 1. The van der Waals surface area contributed by atoms with E-state index in [2.05, 4.69) is 4.98 Å². The van der Waals surface area contributed by atoms with Gasteiger partial charge in [0.2, 0.25) is 0 Å². The fraction of sp³-hybridized carbons (Fsp3) is 0.121. The summed E-state index contributed by atoms with van der Waals surface area (Å²) in [5.74, 6) is 0. The number of hydrogen-bond donors (Lipinski definition) is 2. The number of nitrogens with zero attached hydrogens (tertiary/aromatic N) is 6. The highest BCUT2D eigenvalue weighted by molar-refractivity contribution is 7.90. The number of aromatic nitrogens is 4. The monoisotopic (exact) mass is 652 g/mol. The normalized spacial score (nSPS) is 11.5. The van der Waals surface area contributed by atoms with Crippen molar-refractivity contribution in [2.24, 2.45) is 0 Å². The van der Waals surface area contributed by atoms with Crippen molar-refractivity contribution < 1.29 is 28.3 Å². The van der Waals surface area contributed by atoms with Crippen molar-refractivity contribution in [1.82, 2.24) is 23.6 Å². The number of rotatable bonds is 10. The molecule has 0 aliphatic heterocycles. The van der Waals surface area contributed by atoms with E-state index in [0.29, 0.717) is 44.6 Å². The molecule has 14 heteroatoms. The van der Waals surface area contributed by atoms with E-state index in [0.717, 1.165) is 4.90 Å². The summed E-state index contributed by atoms with van der Waals surface area (Å²) in [6, 6.07) is 24.3. The first kappa shape index (κ1) is 31.1. The average molecular weight is 653 g/mol. The summed E-state index contributed by atoms with van der Waals surface area (Å²) in [6.45, 7) is 0.108. The van der Waals surface area contributed by atoms with Crippen molar-refractivity contribution in [3.05, 3.63) is 119 Å². The van der Waals surface area contributed by atoms with Crippen LogP contribution in [-0.4, -0.2) is 66.9 Å². The molecule has 238 valence electrons. The summed E-state index contributed by atoms with van der Waals surface area (Å²) in [4.78, 5) is 28.0. The van der Waals surface area contributed by atoms with Crippen LogP contribution in [0.1, 0.15) is 5.56 Å². The Kier molecular flexibility index (Phi) is 8.28. The highest BCUT2D eigenvalue weighted by atomic mass is 32.2. The van der Waals surface area contributed by atoms with E-state index >= 15 is 0 Å². The quantitative estimate of drug-likeness (QED) is 0.143. The van der Waals surface area contributed by atoms with Crippen molar-refractivity contribution >= 4 is 32.8 Å². The van der Waals surface area contributed by atoms with Crippen LogP contribution in [0.4, 0.5) is 10.5 Å². The zero-order chi connectivity index (χ0) is 33.3. The Bertz CT molecular complexity index is 2230. The van der Waals surface area contributed by atoms with Gasteiger partial charge in [-0.15, -0.1) is 0 Å². The molecule has 6 rings (SSSR count). The van der Waals surface area contributed by atoms with E-state index in [1.807, 2.05) is 0 Å². The number of benzene rings is 3. The van der Waals surface area contributed by atoms with Crippen LogP contribution in [0.25, 0.3) is 44.7 Å². The lowest BCUT2D eigenvalue weighted by Crippen LogP contribution is -2.28. The van der Waals surface area contributed by atoms with E-state index < -0.39 is 21.0 Å². The summed E-state index contributed by atoms with van der Waals surface area (Å²) in [6.07, 6.45) is 2.14. The number of carbonyl (C=O) groups is 1. The fourth-order valence-corrected chi connectivity index (χ4v) is 6.82. The number of nitro groups is 1. The molecule has 0 saturated heterocycles. The minimum Gasteiger partial charge on any atom is -0.465 e. The molecule has 2 N–H and O–H groups in total. The molecule has 0 fully saturated rings. The highest BCUT2D eigenvalue weighted by Gasteiger charge is 2.27. The number of pyridine rings is 1. The van der Waals surface area contributed by atoms with E-state index in [-0.39, 0.29) is 35.9 Å². The minimum atomic E-state index is -4.17. The molecule has 0 spiro atoms. The maximum atomic E-state index is 14.2. The maximum Gasteiger partial charge on any atom is 0.407 e. The van der Waals surface area contributed by atoms with Crippen LogP contribution in [0.15, 0.2) is 108 Å². The second-order valence-corrected chi connectivity index (χ2v) is 12.5. The lowest BCUT2D eigenvalue weighted by Gasteiger charge is -2.12. The Hall–Kier alpha value is -5.86. The van der Waals surface area contributed by atoms with Gasteiger partial charge < -0.3 is 15.1 Å². The maximum absolute atomic E-state index is 14.2. The zero-order valence-corrected chi connectivity index (χ0v) is 25.8. The topological polar surface area (TPSA) is 174 Å². The third-order valence-corrected chi connectivity index (χ3v) is 9.46. The number of fused-ring (bicyclic) bond motifs is 1. The molecule has 1 amide bonds. The Morgan fingerprint density at radius 3 is 2.38 bits per heavy atom. The van der Waals surface area contributed by atoms with Gasteiger partial charge in [-0.3, -0.25) is 14.8 Å². The van der Waals surface area contributed by atoms with Crippen LogP contribution < -0.4 is 0 Å². The largest absolute Gasteiger partial charge is 0.465 e. The van der Waals surface area contributed by atoms with Gasteiger partial charge in [0, 0.05) is 54.6 Å². The molecule has 0 radical (unpaired) electrons. The smallest absolute Gasteiger partial charge is 0.407 e. The number of aliphatic hydroxyl groups excluding tert-OH is 1. The number of nitro benzene ring substituents is 1. The van der Waals surface area contributed by atoms with Gasteiger partial charge in [0.25, 0.3) is 15.7 Å². The van der Waals surface area contributed by atoms with Gasteiger partial charge in [0.05, 0.1) is 28.7 Å². The lowest BCUT2D eigenvalue weighted by atomic mass is 10.00. The molecule has 13 nitrogen and oxygen atoms in total. The predicted octanol–water partition coefficient (Wildman–Crippen LogP) is 5.48. The van der Waals surface area contributed by atoms with Crippen LogP contribution in [0, 0.1) is 10.1 Å². The Labute approximate surface area is 268 Å². The molecule has 0 bridgehead atoms. The molecule has 0 atom stereocenters. The van der Waals surface area contributed by atoms with Crippen LogP contribution in [-0.2, 0) is 23.2 Å². The minimum absolute atomic E-state index is 0.0613. The molecule has 3 aromatic heterocycles. The van der Waals surface area contributed by atoms with Gasteiger partial charge in [-0.05, 0) is 59.2 Å². The summed E-state index contributed by atoms with van der Waals surface area (Å²) < 4.78 is 31.3. The third kappa shape index (κ3) is 5.94. The predicted molar refractivity (Wildman–Crippen MR) is 174 cm³/mol. The van der Waals surface area contributed by atoms with E-state index in [4.69, 9.17) is 5.10 Å². The number of carboxylic acid groups (broad SMARTS) is 1. The van der Waals surface area contributed by atoms with Crippen molar-refractivity contribution in [2.75, 3.05) is 13.6 Å². The van der Waals surface area contributed by atoms with E-state index in [1.54, 1.807) is 77.6 Å². The van der Waals surface area contributed by atoms with Crippen LogP contribution in [0.2, 0.25) is 0 Å². The van der Waals surface area contributed by atoms with E-state index in [9.17, 15) is 33.5 Å². The number of aliphatic hydroxyl groups is 1. The van der Waals surface area contributed by atoms with Gasteiger partial charge in [0.15, 0.2) is 5.65 Å². The van der Waals surface area contributed by atoms with Crippen LogP contribution in [0.5, 0.6) is 0 Å². The zero-order valence-electron chi connectivity index (χ0n) is 25.0. The first-order chi connectivity index (χ1) is 22.6. The van der Waals surface area contributed by atoms with Gasteiger partial charge in [-0.1, -0.05) is 36.4 Å². The second kappa shape index (κ2) is 12.5. The highest BCUT2D eigenvalue weighted by Crippen LogP contribution is 2.40. The molecular weight excluding hydrogens is 624 g/mol. The first-order valence-corrected chi connectivity index (χ1v) is 15.8. The summed E-state index contributed by atoms with van der Waals surface area (Å²) >= 11 is 0. The van der Waals surface area contributed by atoms with Crippen LogP contribution >= 0.6 is 0 Å². The molecule has 0 unspecified atom stereocenters. The number of hydrogen-bond acceptors (Lipinski definition) is 8. The molecule has 0 aliphatic carbocycles. The van der Waals surface area contributed by atoms with Gasteiger partial charge in [-0.25, -0.2) is 22.2 Å². The standard InChI is InChI=1S/C33H28N6O7S/c1-36(33(41)42)16-17-37-20-29(31(35-37)23-10-12-25(13-11-23)39(43)44)27-14-15-34-32-28(27)19-30(24-7-5-6-22(18-24)21-40)38(32)47(45,46)26-8-3-2-4-9-26/h2-15,18-20,40H,16-17,21H2,1H3,(H,41,42). The Morgan fingerprint density at radius 1 is 0.957 bits per heavy atom. The SMILES string of the molecule is CN(CCn1cc(-c2ccnc3c2cc(-c2cccc(CO)c2)n3S(=O)(=O)c2ccccc2)c(-c2ccc([N+](=O)[O-])cc2)n1)C(=O)O. The first-order valence-electron chi connectivity index (χ1n) is 14.4. The van der Waals surface area contributed by atoms with Crippen molar-refractivity contribution in [2.45, 2.75) is 18.0 Å². The second-order valence-electron chi connectivity index (χ2n) is 10.7. The summed E-state index contributed by atoms with van der Waals surface area (Å²) in [5, 5.41) is 35.7.